The Morgan fingerprint density at radius 1 is 1.25 bits per heavy atom. The highest BCUT2D eigenvalue weighted by atomic mass is 16.5. The van der Waals surface area contributed by atoms with Crippen molar-refractivity contribution in [3.8, 4) is 5.75 Å². The van der Waals surface area contributed by atoms with E-state index in [4.69, 9.17) is 10.5 Å². The number of anilines is 1. The van der Waals surface area contributed by atoms with Crippen LogP contribution in [0.5, 0.6) is 5.75 Å². The van der Waals surface area contributed by atoms with Crippen LogP contribution in [0, 0.1) is 6.92 Å². The van der Waals surface area contributed by atoms with E-state index in [0.717, 1.165) is 11.3 Å². The van der Waals surface area contributed by atoms with Gasteiger partial charge in [-0.05, 0) is 12.5 Å². The molecule has 16 heavy (non-hydrogen) atoms. The smallest absolute Gasteiger partial charge is 0.140 e. The van der Waals surface area contributed by atoms with Gasteiger partial charge in [0.05, 0.1) is 17.6 Å². The van der Waals surface area contributed by atoms with E-state index in [1.54, 1.807) is 12.3 Å². The maximum atomic E-state index is 5.75. The Morgan fingerprint density at radius 2 is 2.00 bits per heavy atom. The van der Waals surface area contributed by atoms with Crippen LogP contribution in [-0.2, 0) is 6.61 Å². The summed E-state index contributed by atoms with van der Waals surface area (Å²) in [6, 6.07) is 11.8. The van der Waals surface area contributed by atoms with Crippen molar-refractivity contribution in [3.63, 3.8) is 0 Å². The fourth-order valence-corrected chi connectivity index (χ4v) is 1.35. The number of aromatic nitrogens is 1. The lowest BCUT2D eigenvalue weighted by Crippen LogP contribution is -1.98. The first-order chi connectivity index (χ1) is 7.75. The van der Waals surface area contributed by atoms with Crippen LogP contribution >= 0.6 is 0 Å². The number of pyridine rings is 1. The van der Waals surface area contributed by atoms with E-state index in [2.05, 4.69) is 4.98 Å². The van der Waals surface area contributed by atoms with Gasteiger partial charge in [-0.15, -0.1) is 0 Å². The number of nitrogen functional groups attached to an aromatic ring is 1. The second-order valence-corrected chi connectivity index (χ2v) is 3.62. The SMILES string of the molecule is Cc1ncc(OCc2ccccc2)cc1N. The third-order valence-corrected chi connectivity index (χ3v) is 2.35. The molecule has 2 aromatic rings. The van der Waals surface area contributed by atoms with E-state index in [-0.39, 0.29) is 0 Å². The number of ether oxygens (including phenoxy) is 1. The van der Waals surface area contributed by atoms with Crippen molar-refractivity contribution in [1.82, 2.24) is 4.98 Å². The van der Waals surface area contributed by atoms with Gasteiger partial charge in [0.2, 0.25) is 0 Å². The summed E-state index contributed by atoms with van der Waals surface area (Å²) in [5, 5.41) is 0. The molecule has 1 heterocycles. The van der Waals surface area contributed by atoms with Crippen molar-refractivity contribution in [2.24, 2.45) is 0 Å². The minimum Gasteiger partial charge on any atom is -0.487 e. The van der Waals surface area contributed by atoms with Crippen molar-refractivity contribution < 1.29 is 4.74 Å². The van der Waals surface area contributed by atoms with E-state index in [9.17, 15) is 0 Å². The predicted molar refractivity (Wildman–Crippen MR) is 64.2 cm³/mol. The normalized spacial score (nSPS) is 10.1. The molecular weight excluding hydrogens is 200 g/mol. The zero-order valence-electron chi connectivity index (χ0n) is 9.18. The lowest BCUT2D eigenvalue weighted by Gasteiger charge is -2.07. The second-order valence-electron chi connectivity index (χ2n) is 3.62. The third kappa shape index (κ3) is 2.51. The van der Waals surface area contributed by atoms with Crippen molar-refractivity contribution in [2.75, 3.05) is 5.73 Å². The molecule has 0 fully saturated rings. The van der Waals surface area contributed by atoms with Crippen molar-refractivity contribution in [3.05, 3.63) is 53.9 Å². The zero-order chi connectivity index (χ0) is 11.4. The lowest BCUT2D eigenvalue weighted by atomic mass is 10.2. The molecule has 82 valence electrons. The van der Waals surface area contributed by atoms with E-state index < -0.39 is 0 Å². The number of aryl methyl sites for hydroxylation is 1. The Hall–Kier alpha value is -2.03. The van der Waals surface area contributed by atoms with Crippen LogP contribution in [0.15, 0.2) is 42.6 Å². The molecule has 0 aliphatic carbocycles. The van der Waals surface area contributed by atoms with Gasteiger partial charge >= 0.3 is 0 Å². The van der Waals surface area contributed by atoms with E-state index >= 15 is 0 Å². The third-order valence-electron chi connectivity index (χ3n) is 2.35. The molecule has 2 N–H and O–H groups in total. The van der Waals surface area contributed by atoms with Gasteiger partial charge in [-0.2, -0.15) is 0 Å². The number of hydrogen-bond acceptors (Lipinski definition) is 3. The molecule has 1 aromatic carbocycles. The molecule has 0 amide bonds. The fraction of sp³-hybridized carbons (Fsp3) is 0.154. The molecule has 0 radical (unpaired) electrons. The van der Waals surface area contributed by atoms with Crippen LogP contribution in [0.1, 0.15) is 11.3 Å². The zero-order valence-corrected chi connectivity index (χ0v) is 9.18. The standard InChI is InChI=1S/C13H14N2O/c1-10-13(14)7-12(8-15-10)16-9-11-5-3-2-4-6-11/h2-8H,9,14H2,1H3. The number of hydrogen-bond donors (Lipinski definition) is 1. The first kappa shape index (κ1) is 10.5. The molecule has 3 nitrogen and oxygen atoms in total. The van der Waals surface area contributed by atoms with Gasteiger partial charge in [0.15, 0.2) is 0 Å². The van der Waals surface area contributed by atoms with Crippen LogP contribution in [-0.4, -0.2) is 4.98 Å². The van der Waals surface area contributed by atoms with Gasteiger partial charge in [-0.1, -0.05) is 30.3 Å². The lowest BCUT2D eigenvalue weighted by molar-refractivity contribution is 0.305. The number of nitrogens with two attached hydrogens (primary N) is 1. The summed E-state index contributed by atoms with van der Waals surface area (Å²) in [5.74, 6) is 0.701. The molecule has 0 bridgehead atoms. The van der Waals surface area contributed by atoms with Gasteiger partial charge in [-0.25, -0.2) is 0 Å². The molecule has 0 aliphatic heterocycles. The second kappa shape index (κ2) is 4.66. The van der Waals surface area contributed by atoms with Gasteiger partial charge in [0.1, 0.15) is 12.4 Å². The van der Waals surface area contributed by atoms with Crippen molar-refractivity contribution in [1.29, 1.82) is 0 Å². The van der Waals surface area contributed by atoms with Crippen molar-refractivity contribution in [2.45, 2.75) is 13.5 Å². The largest absolute Gasteiger partial charge is 0.487 e. The predicted octanol–water partition coefficient (Wildman–Crippen LogP) is 2.55. The van der Waals surface area contributed by atoms with Crippen LogP contribution in [0.4, 0.5) is 5.69 Å². The van der Waals surface area contributed by atoms with Crippen molar-refractivity contribution >= 4 is 5.69 Å². The molecule has 0 saturated heterocycles. The summed E-state index contributed by atoms with van der Waals surface area (Å²) >= 11 is 0. The molecule has 3 heteroatoms. The molecule has 2 rings (SSSR count). The molecule has 0 atom stereocenters. The quantitative estimate of drug-likeness (QED) is 0.854. The summed E-state index contributed by atoms with van der Waals surface area (Å²) in [4.78, 5) is 4.14. The van der Waals surface area contributed by atoms with Crippen LogP contribution in [0.25, 0.3) is 0 Å². The van der Waals surface area contributed by atoms with Gasteiger partial charge < -0.3 is 10.5 Å². The molecule has 0 spiro atoms. The molecule has 0 unspecified atom stereocenters. The Morgan fingerprint density at radius 3 is 2.69 bits per heavy atom. The topological polar surface area (TPSA) is 48.1 Å². The number of rotatable bonds is 3. The first-order valence-electron chi connectivity index (χ1n) is 5.14. The van der Waals surface area contributed by atoms with Crippen LogP contribution in [0.2, 0.25) is 0 Å². The van der Waals surface area contributed by atoms with Crippen LogP contribution in [0.3, 0.4) is 0 Å². The van der Waals surface area contributed by atoms with Gasteiger partial charge in [-0.3, -0.25) is 4.98 Å². The monoisotopic (exact) mass is 214 g/mol. The van der Waals surface area contributed by atoms with Gasteiger partial charge in [0.25, 0.3) is 0 Å². The average Bonchev–Trinajstić information content (AvgIpc) is 2.32. The fourth-order valence-electron chi connectivity index (χ4n) is 1.35. The Bertz CT molecular complexity index is 469. The number of benzene rings is 1. The minimum absolute atomic E-state index is 0.533. The maximum Gasteiger partial charge on any atom is 0.140 e. The first-order valence-corrected chi connectivity index (χ1v) is 5.14. The van der Waals surface area contributed by atoms with Gasteiger partial charge in [0, 0.05) is 6.07 Å². The maximum absolute atomic E-state index is 5.75. The highest BCUT2D eigenvalue weighted by Crippen LogP contribution is 2.17. The number of nitrogens with zero attached hydrogens (tertiary/aromatic N) is 1. The van der Waals surface area contributed by atoms with Crippen LogP contribution < -0.4 is 10.5 Å². The summed E-state index contributed by atoms with van der Waals surface area (Å²) in [5.41, 5.74) is 8.36. The Kier molecular flexibility index (Phi) is 3.05. The summed E-state index contributed by atoms with van der Waals surface area (Å²) in [7, 11) is 0. The summed E-state index contributed by atoms with van der Waals surface area (Å²) in [6.45, 7) is 2.40. The Balaban J connectivity index is 2.03. The highest BCUT2D eigenvalue weighted by molar-refractivity contribution is 5.46. The van der Waals surface area contributed by atoms with E-state index in [1.165, 1.54) is 0 Å². The molecule has 0 aliphatic rings. The Labute approximate surface area is 94.9 Å². The summed E-state index contributed by atoms with van der Waals surface area (Å²) in [6.07, 6.45) is 1.69. The molecule has 1 aromatic heterocycles. The molecular formula is C13H14N2O. The highest BCUT2D eigenvalue weighted by Gasteiger charge is 1.99. The minimum atomic E-state index is 0.533. The van der Waals surface area contributed by atoms with E-state index in [1.807, 2.05) is 37.3 Å². The molecule has 0 saturated carbocycles. The summed E-state index contributed by atoms with van der Waals surface area (Å²) < 4.78 is 5.59. The average molecular weight is 214 g/mol. The van der Waals surface area contributed by atoms with E-state index in [0.29, 0.717) is 18.0 Å².